The molecule has 0 saturated heterocycles. The molecule has 0 atom stereocenters. The lowest BCUT2D eigenvalue weighted by Crippen LogP contribution is -1.99. The Labute approximate surface area is 102 Å². The van der Waals surface area contributed by atoms with Gasteiger partial charge in [-0.1, -0.05) is 13.3 Å². The lowest BCUT2D eigenvalue weighted by atomic mass is 10.1. The molecule has 2 N–H and O–H groups in total. The van der Waals surface area contributed by atoms with Gasteiger partial charge in [-0.3, -0.25) is 0 Å². The van der Waals surface area contributed by atoms with Crippen molar-refractivity contribution in [3.05, 3.63) is 25.5 Å². The monoisotopic (exact) mass is 318 g/mol. The molecular weight excluding hydrogens is 307 g/mol. The second-order valence-electron chi connectivity index (χ2n) is 2.89. The van der Waals surface area contributed by atoms with Crippen molar-refractivity contribution in [3.63, 3.8) is 0 Å². The van der Waals surface area contributed by atoms with E-state index < -0.39 is 0 Å². The molecule has 0 saturated carbocycles. The number of thiophene rings is 1. The second kappa shape index (κ2) is 5.37. The van der Waals surface area contributed by atoms with Crippen LogP contribution in [0.1, 0.15) is 25.3 Å². The van der Waals surface area contributed by atoms with Gasteiger partial charge in [0.15, 0.2) is 0 Å². The van der Waals surface area contributed by atoms with Crippen molar-refractivity contribution in [2.24, 2.45) is 5.73 Å². The summed E-state index contributed by atoms with van der Waals surface area (Å²) < 4.78 is 1.19. The highest BCUT2D eigenvalue weighted by atomic mass is 127. The number of hydrogen-bond donors (Lipinski definition) is 1. The molecule has 0 fully saturated rings. The zero-order valence-corrected chi connectivity index (χ0v) is 10.9. The van der Waals surface area contributed by atoms with Crippen LogP contribution in [0.5, 0.6) is 0 Å². The van der Waals surface area contributed by atoms with Crippen LogP contribution >= 0.6 is 33.9 Å². The predicted molar refractivity (Wildman–Crippen MR) is 68.7 cm³/mol. The van der Waals surface area contributed by atoms with Gasteiger partial charge in [-0.25, -0.2) is 0 Å². The van der Waals surface area contributed by atoms with Crippen molar-refractivity contribution in [2.45, 2.75) is 19.8 Å². The van der Waals surface area contributed by atoms with E-state index in [0.717, 1.165) is 18.4 Å². The Morgan fingerprint density at radius 1 is 1.71 bits per heavy atom. The van der Waals surface area contributed by atoms with Gasteiger partial charge in [0.25, 0.3) is 0 Å². The van der Waals surface area contributed by atoms with Gasteiger partial charge >= 0.3 is 0 Å². The highest BCUT2D eigenvalue weighted by Gasteiger charge is 2.06. The summed E-state index contributed by atoms with van der Waals surface area (Å²) in [6, 6.07) is 4.17. The van der Waals surface area contributed by atoms with Crippen LogP contribution in [0.3, 0.4) is 0 Å². The minimum Gasteiger partial charge on any atom is -0.397 e. The molecule has 0 aliphatic heterocycles. The molecule has 74 valence electrons. The summed E-state index contributed by atoms with van der Waals surface area (Å²) in [4.78, 5) is 0. The fourth-order valence-electron chi connectivity index (χ4n) is 1.13. The van der Waals surface area contributed by atoms with E-state index in [-0.39, 0.29) is 0 Å². The molecule has 1 heterocycles. The smallest absolute Gasteiger partial charge is 0.0968 e. The molecule has 4 heteroatoms. The van der Waals surface area contributed by atoms with E-state index in [4.69, 9.17) is 11.0 Å². The Morgan fingerprint density at radius 3 is 2.86 bits per heavy atom. The molecule has 0 amide bonds. The molecule has 1 aromatic rings. The maximum atomic E-state index is 8.91. The first-order valence-corrected chi connectivity index (χ1v) is 6.28. The van der Waals surface area contributed by atoms with Gasteiger partial charge < -0.3 is 5.73 Å². The SMILES string of the molecule is CCC/C(C#N)=C(\N)c1csc(I)c1. The first-order valence-electron chi connectivity index (χ1n) is 4.32. The van der Waals surface area contributed by atoms with E-state index in [9.17, 15) is 0 Å². The first kappa shape index (κ1) is 11.5. The first-order chi connectivity index (χ1) is 6.69. The summed E-state index contributed by atoms with van der Waals surface area (Å²) in [7, 11) is 0. The van der Waals surface area contributed by atoms with Gasteiger partial charge in [0.05, 0.1) is 20.2 Å². The lowest BCUT2D eigenvalue weighted by Gasteiger charge is -2.01. The number of halogens is 1. The van der Waals surface area contributed by atoms with Crippen LogP contribution in [0.4, 0.5) is 0 Å². The zero-order valence-electron chi connectivity index (χ0n) is 7.88. The average Bonchev–Trinajstić information content (AvgIpc) is 2.60. The Morgan fingerprint density at radius 2 is 2.43 bits per heavy atom. The fourth-order valence-corrected chi connectivity index (χ4v) is 2.47. The average molecular weight is 318 g/mol. The van der Waals surface area contributed by atoms with Crippen LogP contribution < -0.4 is 5.73 Å². The van der Waals surface area contributed by atoms with Crippen LogP contribution in [0.15, 0.2) is 17.0 Å². The molecule has 0 bridgehead atoms. The molecule has 0 aromatic carbocycles. The molecular formula is C10H11IN2S. The van der Waals surface area contributed by atoms with Gasteiger partial charge in [0.2, 0.25) is 0 Å². The maximum absolute atomic E-state index is 8.91. The molecule has 2 nitrogen and oxygen atoms in total. The van der Waals surface area contributed by atoms with E-state index in [1.807, 2.05) is 18.4 Å². The molecule has 0 spiro atoms. The van der Waals surface area contributed by atoms with Crippen LogP contribution in [0, 0.1) is 14.2 Å². The molecule has 0 unspecified atom stereocenters. The summed E-state index contributed by atoms with van der Waals surface area (Å²) in [6.07, 6.45) is 1.71. The van der Waals surface area contributed by atoms with Crippen molar-refractivity contribution in [1.82, 2.24) is 0 Å². The Hall–Kier alpha value is -0.540. The summed E-state index contributed by atoms with van der Waals surface area (Å²) >= 11 is 3.89. The molecule has 1 rings (SSSR count). The summed E-state index contributed by atoms with van der Waals surface area (Å²) in [6.45, 7) is 2.04. The minimum absolute atomic E-state index is 0.633. The van der Waals surface area contributed by atoms with Crippen molar-refractivity contribution in [3.8, 4) is 6.07 Å². The third-order valence-electron chi connectivity index (χ3n) is 1.84. The Balaban J connectivity index is 3.02. The van der Waals surface area contributed by atoms with Gasteiger partial charge in [0, 0.05) is 10.9 Å². The van der Waals surface area contributed by atoms with Crippen molar-refractivity contribution >= 4 is 39.6 Å². The van der Waals surface area contributed by atoms with Gasteiger partial charge in [-0.2, -0.15) is 5.26 Å². The highest BCUT2D eigenvalue weighted by Crippen LogP contribution is 2.23. The largest absolute Gasteiger partial charge is 0.397 e. The van der Waals surface area contributed by atoms with Crippen LogP contribution in [0.25, 0.3) is 5.70 Å². The van der Waals surface area contributed by atoms with E-state index in [1.54, 1.807) is 11.3 Å². The van der Waals surface area contributed by atoms with Gasteiger partial charge in [-0.15, -0.1) is 11.3 Å². The van der Waals surface area contributed by atoms with Crippen molar-refractivity contribution in [1.29, 1.82) is 5.26 Å². The molecule has 0 radical (unpaired) electrons. The number of nitrogens with zero attached hydrogens (tertiary/aromatic N) is 1. The highest BCUT2D eigenvalue weighted by molar-refractivity contribution is 14.1. The summed E-state index contributed by atoms with van der Waals surface area (Å²) in [5.41, 5.74) is 8.21. The summed E-state index contributed by atoms with van der Waals surface area (Å²) in [5.74, 6) is 0. The standard InChI is InChI=1S/C10H11IN2S/c1-2-3-7(5-12)10(13)8-4-9(11)14-6-8/h4,6H,2-3,13H2,1H3/b10-7+. The van der Waals surface area contributed by atoms with Crippen molar-refractivity contribution in [2.75, 3.05) is 0 Å². The number of rotatable bonds is 3. The lowest BCUT2D eigenvalue weighted by molar-refractivity contribution is 0.929. The quantitative estimate of drug-likeness (QED) is 0.686. The number of allylic oxidation sites excluding steroid dienone is 1. The fraction of sp³-hybridized carbons (Fsp3) is 0.300. The third-order valence-corrected chi connectivity index (χ3v) is 3.63. The normalized spacial score (nSPS) is 12.1. The number of nitrogens with two attached hydrogens (primary N) is 1. The second-order valence-corrected chi connectivity index (χ2v) is 5.70. The van der Waals surface area contributed by atoms with Crippen LogP contribution in [-0.4, -0.2) is 0 Å². The van der Waals surface area contributed by atoms with E-state index in [0.29, 0.717) is 11.3 Å². The summed E-state index contributed by atoms with van der Waals surface area (Å²) in [5, 5.41) is 10.9. The van der Waals surface area contributed by atoms with Crippen LogP contribution in [-0.2, 0) is 0 Å². The van der Waals surface area contributed by atoms with Gasteiger partial charge in [0.1, 0.15) is 0 Å². The van der Waals surface area contributed by atoms with E-state index in [2.05, 4.69) is 28.7 Å². The van der Waals surface area contributed by atoms with Crippen molar-refractivity contribution < 1.29 is 0 Å². The topological polar surface area (TPSA) is 49.8 Å². The van der Waals surface area contributed by atoms with E-state index >= 15 is 0 Å². The number of nitriles is 1. The molecule has 0 aliphatic rings. The minimum atomic E-state index is 0.633. The maximum Gasteiger partial charge on any atom is 0.0968 e. The van der Waals surface area contributed by atoms with Crippen LogP contribution in [0.2, 0.25) is 0 Å². The molecule has 0 aliphatic carbocycles. The predicted octanol–water partition coefficient (Wildman–Crippen LogP) is 3.35. The van der Waals surface area contributed by atoms with E-state index in [1.165, 1.54) is 2.88 Å². The number of hydrogen-bond acceptors (Lipinski definition) is 3. The van der Waals surface area contributed by atoms with Gasteiger partial charge in [-0.05, 0) is 35.1 Å². The third kappa shape index (κ3) is 2.72. The molecule has 14 heavy (non-hydrogen) atoms. The molecule has 1 aromatic heterocycles. The zero-order chi connectivity index (χ0) is 10.6. The Kier molecular flexibility index (Phi) is 4.42. The Bertz CT molecular complexity index is 387.